The van der Waals surface area contributed by atoms with Crippen LogP contribution in [0.4, 0.5) is 0 Å². The average Bonchev–Trinajstić information content (AvgIpc) is 2.49. The molecule has 0 saturated heterocycles. The topological polar surface area (TPSA) is 51.9 Å². The average molecular weight is 324 g/mol. The summed E-state index contributed by atoms with van der Waals surface area (Å²) in [4.78, 5) is 13.8. The molecule has 0 atom stereocenters. The Balaban J connectivity index is 2.02. The van der Waals surface area contributed by atoms with Gasteiger partial charge in [0.05, 0.1) is 10.6 Å². The number of nitrogens with zero attached hydrogens (tertiary/aromatic N) is 1. The Morgan fingerprint density at radius 3 is 3.00 bits per heavy atom. The molecule has 1 aliphatic rings. The molecule has 5 nitrogen and oxygen atoms in total. The standard InChI is InChI=1S/C16H18ClNO4/c1-10-6-14(19)22-15-11(10)7-13(17)16-12(15)8-18(9-21-16)4-3-5-20-2/h6-7H,3-5,8-9H2,1-2H3. The molecule has 0 saturated carbocycles. The maximum Gasteiger partial charge on any atom is 0.336 e. The Labute approximate surface area is 133 Å². The molecule has 0 amide bonds. The lowest BCUT2D eigenvalue weighted by Gasteiger charge is -2.29. The number of benzene rings is 1. The minimum Gasteiger partial charge on any atom is -0.476 e. The van der Waals surface area contributed by atoms with Crippen molar-refractivity contribution in [2.24, 2.45) is 0 Å². The van der Waals surface area contributed by atoms with Crippen molar-refractivity contribution in [2.45, 2.75) is 19.9 Å². The minimum atomic E-state index is -0.356. The summed E-state index contributed by atoms with van der Waals surface area (Å²) in [6.45, 7) is 4.54. The van der Waals surface area contributed by atoms with Crippen molar-refractivity contribution in [2.75, 3.05) is 27.0 Å². The van der Waals surface area contributed by atoms with Gasteiger partial charge in [-0.25, -0.2) is 4.79 Å². The number of aryl methyl sites for hydroxylation is 1. The van der Waals surface area contributed by atoms with Crippen LogP contribution in [-0.4, -0.2) is 31.9 Å². The zero-order valence-corrected chi connectivity index (χ0v) is 13.4. The number of halogens is 1. The van der Waals surface area contributed by atoms with Crippen LogP contribution in [0, 0.1) is 6.92 Å². The Bertz CT molecular complexity index is 756. The second kappa shape index (κ2) is 6.28. The van der Waals surface area contributed by atoms with E-state index in [0.29, 0.717) is 36.2 Å². The molecular weight excluding hydrogens is 306 g/mol. The minimum absolute atomic E-state index is 0.356. The van der Waals surface area contributed by atoms with E-state index >= 15 is 0 Å². The normalized spacial score (nSPS) is 14.9. The largest absolute Gasteiger partial charge is 0.476 e. The number of methoxy groups -OCH3 is 1. The molecule has 6 heteroatoms. The van der Waals surface area contributed by atoms with Crippen molar-refractivity contribution < 1.29 is 13.9 Å². The summed E-state index contributed by atoms with van der Waals surface area (Å²) < 4.78 is 16.3. The molecule has 0 bridgehead atoms. The lowest BCUT2D eigenvalue weighted by Crippen LogP contribution is -2.33. The molecule has 22 heavy (non-hydrogen) atoms. The van der Waals surface area contributed by atoms with Gasteiger partial charge in [-0.15, -0.1) is 0 Å². The molecule has 0 radical (unpaired) electrons. The van der Waals surface area contributed by atoms with Crippen molar-refractivity contribution in [3.63, 3.8) is 0 Å². The first-order valence-electron chi connectivity index (χ1n) is 7.20. The van der Waals surface area contributed by atoms with Crippen LogP contribution in [0.3, 0.4) is 0 Å². The third kappa shape index (κ3) is 2.84. The van der Waals surface area contributed by atoms with Gasteiger partial charge < -0.3 is 13.9 Å². The van der Waals surface area contributed by atoms with Gasteiger partial charge in [0, 0.05) is 38.3 Å². The summed E-state index contributed by atoms with van der Waals surface area (Å²) in [6.07, 6.45) is 0.913. The van der Waals surface area contributed by atoms with E-state index in [1.54, 1.807) is 13.2 Å². The van der Waals surface area contributed by atoms with E-state index in [2.05, 4.69) is 4.90 Å². The molecule has 2 heterocycles. The first-order valence-corrected chi connectivity index (χ1v) is 7.58. The van der Waals surface area contributed by atoms with Crippen molar-refractivity contribution in [1.29, 1.82) is 0 Å². The summed E-state index contributed by atoms with van der Waals surface area (Å²) in [5.41, 5.74) is 1.91. The van der Waals surface area contributed by atoms with Gasteiger partial charge in [-0.05, 0) is 25.0 Å². The van der Waals surface area contributed by atoms with Gasteiger partial charge in [0.25, 0.3) is 0 Å². The van der Waals surface area contributed by atoms with Crippen LogP contribution in [0.25, 0.3) is 11.0 Å². The Morgan fingerprint density at radius 2 is 2.23 bits per heavy atom. The van der Waals surface area contributed by atoms with Crippen LogP contribution in [0.2, 0.25) is 5.02 Å². The van der Waals surface area contributed by atoms with Crippen molar-refractivity contribution in [1.82, 2.24) is 4.90 Å². The van der Waals surface area contributed by atoms with Crippen LogP contribution >= 0.6 is 11.6 Å². The summed E-state index contributed by atoms with van der Waals surface area (Å²) in [6, 6.07) is 3.28. The fourth-order valence-electron chi connectivity index (χ4n) is 2.76. The fraction of sp³-hybridized carbons (Fsp3) is 0.438. The third-order valence-corrected chi connectivity index (χ3v) is 4.12. The molecule has 0 N–H and O–H groups in total. The number of hydrogen-bond donors (Lipinski definition) is 0. The predicted molar refractivity (Wildman–Crippen MR) is 84.6 cm³/mol. The lowest BCUT2D eigenvalue weighted by atomic mass is 10.0. The Morgan fingerprint density at radius 1 is 1.41 bits per heavy atom. The quantitative estimate of drug-likeness (QED) is 0.639. The van der Waals surface area contributed by atoms with Crippen LogP contribution in [-0.2, 0) is 11.3 Å². The van der Waals surface area contributed by atoms with Crippen molar-refractivity contribution in [3.8, 4) is 5.75 Å². The van der Waals surface area contributed by atoms with Gasteiger partial charge >= 0.3 is 5.63 Å². The second-order valence-corrected chi connectivity index (χ2v) is 5.87. The van der Waals surface area contributed by atoms with Gasteiger partial charge in [0.2, 0.25) is 0 Å². The first kappa shape index (κ1) is 15.3. The van der Waals surface area contributed by atoms with E-state index in [1.807, 2.05) is 6.92 Å². The smallest absolute Gasteiger partial charge is 0.336 e. The number of rotatable bonds is 4. The van der Waals surface area contributed by atoms with Crippen LogP contribution in [0.1, 0.15) is 17.5 Å². The van der Waals surface area contributed by atoms with E-state index in [4.69, 9.17) is 25.5 Å². The fourth-order valence-corrected chi connectivity index (χ4v) is 3.04. The maximum absolute atomic E-state index is 11.7. The Kier molecular flexibility index (Phi) is 4.38. The second-order valence-electron chi connectivity index (χ2n) is 5.46. The summed E-state index contributed by atoms with van der Waals surface area (Å²) in [5, 5.41) is 1.40. The van der Waals surface area contributed by atoms with E-state index in [9.17, 15) is 4.79 Å². The lowest BCUT2D eigenvalue weighted by molar-refractivity contribution is 0.0838. The molecule has 2 aromatic rings. The zero-order chi connectivity index (χ0) is 15.7. The number of fused-ring (bicyclic) bond motifs is 3. The number of hydrogen-bond acceptors (Lipinski definition) is 5. The van der Waals surface area contributed by atoms with Crippen LogP contribution in [0.5, 0.6) is 5.75 Å². The highest BCUT2D eigenvalue weighted by Gasteiger charge is 2.24. The molecule has 1 aliphatic heterocycles. The van der Waals surface area contributed by atoms with Gasteiger partial charge in [-0.2, -0.15) is 0 Å². The third-order valence-electron chi connectivity index (χ3n) is 3.84. The summed E-state index contributed by atoms with van der Waals surface area (Å²) in [7, 11) is 1.69. The van der Waals surface area contributed by atoms with Gasteiger partial charge in [0.1, 0.15) is 18.1 Å². The SMILES string of the molecule is COCCCN1COc2c(Cl)cc3c(C)cc(=O)oc3c2C1. The van der Waals surface area contributed by atoms with E-state index in [-0.39, 0.29) is 5.63 Å². The zero-order valence-electron chi connectivity index (χ0n) is 12.6. The molecule has 0 aliphatic carbocycles. The molecule has 0 fully saturated rings. The number of ether oxygens (including phenoxy) is 2. The highest BCUT2D eigenvalue weighted by Crippen LogP contribution is 2.39. The van der Waals surface area contributed by atoms with Crippen LogP contribution < -0.4 is 10.4 Å². The maximum atomic E-state index is 11.7. The highest BCUT2D eigenvalue weighted by atomic mass is 35.5. The van der Waals surface area contributed by atoms with E-state index in [1.165, 1.54) is 6.07 Å². The molecule has 1 aromatic heterocycles. The molecular formula is C16H18ClNO4. The van der Waals surface area contributed by atoms with Gasteiger partial charge in [-0.1, -0.05) is 11.6 Å². The van der Waals surface area contributed by atoms with Crippen molar-refractivity contribution >= 4 is 22.6 Å². The highest BCUT2D eigenvalue weighted by molar-refractivity contribution is 6.33. The summed E-state index contributed by atoms with van der Waals surface area (Å²) >= 11 is 6.32. The van der Waals surface area contributed by atoms with Crippen molar-refractivity contribution in [3.05, 3.63) is 38.7 Å². The molecule has 3 rings (SSSR count). The van der Waals surface area contributed by atoms with E-state index < -0.39 is 0 Å². The molecule has 1 aromatic carbocycles. The van der Waals surface area contributed by atoms with Gasteiger partial charge in [-0.3, -0.25) is 4.90 Å². The van der Waals surface area contributed by atoms with Gasteiger partial charge in [0.15, 0.2) is 0 Å². The summed E-state index contributed by atoms with van der Waals surface area (Å²) in [5.74, 6) is 0.617. The molecule has 0 unspecified atom stereocenters. The molecule has 0 spiro atoms. The van der Waals surface area contributed by atoms with E-state index in [0.717, 1.165) is 29.5 Å². The Hall–Kier alpha value is -1.56. The predicted octanol–water partition coefficient (Wildman–Crippen LogP) is 2.94. The monoisotopic (exact) mass is 323 g/mol. The van der Waals surface area contributed by atoms with Crippen LogP contribution in [0.15, 0.2) is 21.3 Å². The molecule has 118 valence electrons. The first-order chi connectivity index (χ1) is 10.6.